The molecule has 3 N–H and O–H groups in total. The lowest BCUT2D eigenvalue weighted by molar-refractivity contribution is -0.141. The molecular formula is C22H29N3O6. The fourth-order valence-electron chi connectivity index (χ4n) is 4.12. The predicted molar refractivity (Wildman–Crippen MR) is 111 cm³/mol. The van der Waals surface area contributed by atoms with Crippen LogP contribution in [0.25, 0.3) is 0 Å². The summed E-state index contributed by atoms with van der Waals surface area (Å²) in [5, 5.41) is 2.33. The number of ketones is 1. The van der Waals surface area contributed by atoms with Gasteiger partial charge in [-0.2, -0.15) is 0 Å². The van der Waals surface area contributed by atoms with Gasteiger partial charge < -0.3 is 15.2 Å². The lowest BCUT2D eigenvalue weighted by Crippen LogP contribution is -2.52. The Hall–Kier alpha value is -2.46. The van der Waals surface area contributed by atoms with Gasteiger partial charge in [0.05, 0.1) is 25.9 Å². The predicted octanol–water partition coefficient (Wildman–Crippen LogP) is 0.0410. The molecular weight excluding hydrogens is 402 g/mol. The Morgan fingerprint density at radius 2 is 1.97 bits per heavy atom. The van der Waals surface area contributed by atoms with Crippen LogP contribution in [0, 0.1) is 0 Å². The largest absolute Gasteiger partial charge is 0.379 e. The summed E-state index contributed by atoms with van der Waals surface area (Å²) < 4.78 is 10.8. The molecule has 2 aliphatic rings. The first-order chi connectivity index (χ1) is 15.0. The van der Waals surface area contributed by atoms with Crippen LogP contribution in [0.15, 0.2) is 18.2 Å². The standard InChI is InChI=1S/C22H29N3O6/c23-7-9-31-11-10-30-8-1-2-15-3-4-16-13-25(18-5-6-20(28)24-22(18)29)21(17(16)12-15)19(27)14-26/h3-4,12,14,18,21H,1-2,5-11,13,23H2,(H,24,28,29). The monoisotopic (exact) mass is 431 g/mol. The molecule has 9 heteroatoms. The number of hydrogen-bond acceptors (Lipinski definition) is 8. The van der Waals surface area contributed by atoms with Gasteiger partial charge in [0, 0.05) is 26.1 Å². The van der Waals surface area contributed by atoms with Crippen molar-refractivity contribution in [1.29, 1.82) is 0 Å². The zero-order valence-corrected chi connectivity index (χ0v) is 17.5. The molecule has 31 heavy (non-hydrogen) atoms. The number of Topliss-reactive ketones (excluding diaryl/α,β-unsaturated/α-hetero) is 1. The van der Waals surface area contributed by atoms with Crippen LogP contribution in [0.5, 0.6) is 0 Å². The summed E-state index contributed by atoms with van der Waals surface area (Å²) in [6, 6.07) is 4.48. The molecule has 2 heterocycles. The normalized spacial score (nSPS) is 21.1. The van der Waals surface area contributed by atoms with Crippen LogP contribution in [-0.2, 0) is 41.6 Å². The van der Waals surface area contributed by atoms with E-state index in [4.69, 9.17) is 15.2 Å². The first-order valence-corrected chi connectivity index (χ1v) is 10.6. The Kier molecular flexibility index (Phi) is 8.42. The van der Waals surface area contributed by atoms with Gasteiger partial charge in [0.15, 0.2) is 6.29 Å². The number of benzene rings is 1. The number of hydrogen-bond donors (Lipinski definition) is 2. The molecule has 1 saturated heterocycles. The van der Waals surface area contributed by atoms with Crippen LogP contribution >= 0.6 is 0 Å². The van der Waals surface area contributed by atoms with Crippen LogP contribution in [0.2, 0.25) is 0 Å². The molecule has 3 rings (SSSR count). The number of aldehydes is 1. The molecule has 0 saturated carbocycles. The average molecular weight is 431 g/mol. The second kappa shape index (κ2) is 11.2. The van der Waals surface area contributed by atoms with E-state index in [1.54, 1.807) is 4.90 Å². The summed E-state index contributed by atoms with van der Waals surface area (Å²) in [5.74, 6) is -1.31. The van der Waals surface area contributed by atoms with Crippen molar-refractivity contribution < 1.29 is 28.7 Å². The lowest BCUT2D eigenvalue weighted by atomic mass is 9.96. The van der Waals surface area contributed by atoms with Crippen molar-refractivity contribution in [2.75, 3.05) is 33.0 Å². The van der Waals surface area contributed by atoms with Gasteiger partial charge in [-0.1, -0.05) is 18.2 Å². The number of carbonyl (C=O) groups is 4. The quantitative estimate of drug-likeness (QED) is 0.206. The number of aryl methyl sites for hydroxylation is 1. The molecule has 1 aromatic rings. The molecule has 2 atom stereocenters. The molecule has 2 aliphatic heterocycles. The fraction of sp³-hybridized carbons (Fsp3) is 0.545. The number of fused-ring (bicyclic) bond motifs is 1. The fourth-order valence-corrected chi connectivity index (χ4v) is 4.12. The van der Waals surface area contributed by atoms with E-state index in [2.05, 4.69) is 5.32 Å². The number of amides is 2. The van der Waals surface area contributed by atoms with E-state index in [9.17, 15) is 19.2 Å². The maximum Gasteiger partial charge on any atom is 0.243 e. The van der Waals surface area contributed by atoms with Gasteiger partial charge in [0.1, 0.15) is 6.04 Å². The van der Waals surface area contributed by atoms with Gasteiger partial charge in [-0.05, 0) is 36.0 Å². The van der Waals surface area contributed by atoms with E-state index in [1.165, 1.54) is 0 Å². The zero-order chi connectivity index (χ0) is 22.2. The smallest absolute Gasteiger partial charge is 0.243 e. The molecule has 0 aliphatic carbocycles. The van der Waals surface area contributed by atoms with Crippen LogP contribution in [0.4, 0.5) is 0 Å². The van der Waals surface area contributed by atoms with Crippen molar-refractivity contribution in [3.8, 4) is 0 Å². The Bertz CT molecular complexity index is 827. The van der Waals surface area contributed by atoms with Crippen LogP contribution in [-0.4, -0.2) is 67.8 Å². The molecule has 2 amide bonds. The number of imide groups is 1. The maximum absolute atomic E-state index is 12.5. The minimum atomic E-state index is -0.799. The van der Waals surface area contributed by atoms with Gasteiger partial charge >= 0.3 is 0 Å². The second-order valence-electron chi connectivity index (χ2n) is 7.71. The summed E-state index contributed by atoms with van der Waals surface area (Å²) in [6.45, 7) is 3.02. The number of nitrogens with two attached hydrogens (primary N) is 1. The van der Waals surface area contributed by atoms with E-state index < -0.39 is 23.8 Å². The first-order valence-electron chi connectivity index (χ1n) is 10.6. The zero-order valence-electron chi connectivity index (χ0n) is 17.5. The number of carbonyl (C=O) groups excluding carboxylic acids is 4. The molecule has 0 aromatic heterocycles. The van der Waals surface area contributed by atoms with E-state index in [0.29, 0.717) is 52.2 Å². The molecule has 168 valence electrons. The topological polar surface area (TPSA) is 128 Å². The van der Waals surface area contributed by atoms with Gasteiger partial charge in [-0.25, -0.2) is 0 Å². The highest BCUT2D eigenvalue weighted by atomic mass is 16.5. The summed E-state index contributed by atoms with van der Waals surface area (Å²) in [4.78, 5) is 49.4. The van der Waals surface area contributed by atoms with Gasteiger partial charge in [-0.15, -0.1) is 0 Å². The van der Waals surface area contributed by atoms with Crippen molar-refractivity contribution in [3.05, 3.63) is 34.9 Å². The second-order valence-corrected chi connectivity index (χ2v) is 7.71. The summed E-state index contributed by atoms with van der Waals surface area (Å²) >= 11 is 0. The Balaban J connectivity index is 1.62. The van der Waals surface area contributed by atoms with Gasteiger partial charge in [0.25, 0.3) is 0 Å². The Labute approximate surface area is 181 Å². The molecule has 9 nitrogen and oxygen atoms in total. The summed E-state index contributed by atoms with van der Waals surface area (Å²) in [5.41, 5.74) is 8.07. The molecule has 1 aromatic carbocycles. The summed E-state index contributed by atoms with van der Waals surface area (Å²) in [7, 11) is 0. The van der Waals surface area contributed by atoms with Crippen LogP contribution in [0.3, 0.4) is 0 Å². The van der Waals surface area contributed by atoms with Gasteiger partial charge in [-0.3, -0.25) is 29.4 Å². The Morgan fingerprint density at radius 3 is 2.68 bits per heavy atom. The third-order valence-electron chi connectivity index (χ3n) is 5.57. The van der Waals surface area contributed by atoms with Crippen molar-refractivity contribution in [2.24, 2.45) is 5.73 Å². The van der Waals surface area contributed by atoms with E-state index in [0.717, 1.165) is 29.5 Å². The third-order valence-corrected chi connectivity index (χ3v) is 5.57. The van der Waals surface area contributed by atoms with E-state index in [1.807, 2.05) is 18.2 Å². The number of nitrogens with one attached hydrogen (secondary N) is 1. The van der Waals surface area contributed by atoms with Crippen molar-refractivity contribution in [1.82, 2.24) is 10.2 Å². The average Bonchev–Trinajstić information content (AvgIpc) is 3.13. The highest BCUT2D eigenvalue weighted by Crippen LogP contribution is 2.38. The molecule has 2 unspecified atom stereocenters. The van der Waals surface area contributed by atoms with Crippen molar-refractivity contribution >= 4 is 23.9 Å². The number of ether oxygens (including phenoxy) is 2. The van der Waals surface area contributed by atoms with E-state index in [-0.39, 0.29) is 12.3 Å². The molecule has 0 bridgehead atoms. The maximum atomic E-state index is 12.5. The van der Waals surface area contributed by atoms with Crippen molar-refractivity contribution in [2.45, 2.75) is 44.3 Å². The highest BCUT2D eigenvalue weighted by molar-refractivity contribution is 6.27. The molecule has 0 radical (unpaired) electrons. The van der Waals surface area contributed by atoms with Crippen molar-refractivity contribution in [3.63, 3.8) is 0 Å². The minimum Gasteiger partial charge on any atom is -0.379 e. The molecule has 1 fully saturated rings. The number of rotatable bonds is 12. The number of piperidine rings is 1. The summed E-state index contributed by atoms with van der Waals surface area (Å²) in [6.07, 6.45) is 2.43. The van der Waals surface area contributed by atoms with Gasteiger partial charge in [0.2, 0.25) is 17.6 Å². The SMILES string of the molecule is NCCOCCOCCCc1ccc2c(c1)C(C(=O)C=O)N(C1CCC(=O)NC1=O)C2. The van der Waals surface area contributed by atoms with E-state index >= 15 is 0 Å². The molecule has 0 spiro atoms. The lowest BCUT2D eigenvalue weighted by Gasteiger charge is -2.32. The first kappa shape index (κ1) is 23.2. The van der Waals surface area contributed by atoms with Crippen LogP contribution in [0.1, 0.15) is 42.0 Å². The third kappa shape index (κ3) is 5.82. The number of nitrogens with zero attached hydrogens (tertiary/aromatic N) is 1. The highest BCUT2D eigenvalue weighted by Gasteiger charge is 2.43. The Morgan fingerprint density at radius 1 is 1.19 bits per heavy atom. The minimum absolute atomic E-state index is 0.216. The van der Waals surface area contributed by atoms with Crippen LogP contribution < -0.4 is 11.1 Å².